The highest BCUT2D eigenvalue weighted by molar-refractivity contribution is 7.99. The number of methoxy groups -OCH3 is 1. The van der Waals surface area contributed by atoms with E-state index in [1.807, 2.05) is 31.2 Å². The van der Waals surface area contributed by atoms with Crippen molar-refractivity contribution in [2.75, 3.05) is 18.2 Å². The first-order chi connectivity index (χ1) is 11.7. The zero-order valence-electron chi connectivity index (χ0n) is 13.4. The second-order valence-corrected chi connectivity index (χ2v) is 5.95. The molecule has 2 heterocycles. The fourth-order valence-electron chi connectivity index (χ4n) is 2.16. The smallest absolute Gasteiger partial charge is 0.234 e. The van der Waals surface area contributed by atoms with E-state index in [9.17, 15) is 4.79 Å². The Bertz CT molecular complexity index is 865. The monoisotopic (exact) mass is 343 g/mol. The van der Waals surface area contributed by atoms with Crippen molar-refractivity contribution in [3.05, 3.63) is 42.4 Å². The Morgan fingerprint density at radius 3 is 3.04 bits per heavy atom. The van der Waals surface area contributed by atoms with Gasteiger partial charge in [0.15, 0.2) is 10.8 Å². The summed E-state index contributed by atoms with van der Waals surface area (Å²) in [5.74, 6) is 0.826. The van der Waals surface area contributed by atoms with Crippen molar-refractivity contribution < 1.29 is 9.53 Å². The minimum Gasteiger partial charge on any atom is -0.497 e. The van der Waals surface area contributed by atoms with Crippen LogP contribution in [0.25, 0.3) is 5.65 Å². The van der Waals surface area contributed by atoms with Crippen molar-refractivity contribution in [1.82, 2.24) is 19.6 Å². The molecule has 1 amide bonds. The Balaban J connectivity index is 1.69. The number of benzene rings is 1. The van der Waals surface area contributed by atoms with E-state index in [0.717, 1.165) is 17.8 Å². The molecule has 0 bridgehead atoms. The molecule has 0 aliphatic heterocycles. The van der Waals surface area contributed by atoms with Crippen LogP contribution < -0.4 is 10.1 Å². The Morgan fingerprint density at radius 2 is 2.25 bits per heavy atom. The van der Waals surface area contributed by atoms with E-state index < -0.39 is 0 Å². The van der Waals surface area contributed by atoms with Crippen molar-refractivity contribution in [1.29, 1.82) is 0 Å². The molecule has 0 aliphatic carbocycles. The molecular formula is C16H17N5O2S. The summed E-state index contributed by atoms with van der Waals surface area (Å²) in [5, 5.41) is 11.5. The standard InChI is InChI=1S/C16H17N5O2S/c1-3-11-8-14-20-17-10-21(14)16(19-11)24-9-15(22)18-12-5-4-6-13(7-12)23-2/h4-8,10H,3,9H2,1-2H3,(H,18,22). The normalized spacial score (nSPS) is 10.8. The highest BCUT2D eigenvalue weighted by atomic mass is 32.2. The van der Waals surface area contributed by atoms with Gasteiger partial charge in [-0.25, -0.2) is 4.98 Å². The maximum absolute atomic E-state index is 12.2. The first kappa shape index (κ1) is 16.3. The lowest BCUT2D eigenvalue weighted by atomic mass is 10.3. The third kappa shape index (κ3) is 3.65. The predicted octanol–water partition coefficient (Wildman–Crippen LogP) is 2.43. The number of anilines is 1. The SMILES string of the molecule is CCc1cc2nncn2c(SCC(=O)Nc2cccc(OC)c2)n1. The maximum Gasteiger partial charge on any atom is 0.234 e. The minimum absolute atomic E-state index is 0.113. The number of carbonyl (C=O) groups excluding carboxylic acids is 1. The molecule has 3 aromatic rings. The van der Waals surface area contributed by atoms with Crippen molar-refractivity contribution >= 4 is 29.0 Å². The number of aromatic nitrogens is 4. The van der Waals surface area contributed by atoms with E-state index in [1.165, 1.54) is 11.8 Å². The molecule has 8 heteroatoms. The number of nitrogens with zero attached hydrogens (tertiary/aromatic N) is 4. The van der Waals surface area contributed by atoms with Gasteiger partial charge in [0.05, 0.1) is 12.9 Å². The van der Waals surface area contributed by atoms with Crippen LogP contribution in [0.1, 0.15) is 12.6 Å². The summed E-state index contributed by atoms with van der Waals surface area (Å²) in [4.78, 5) is 16.7. The summed E-state index contributed by atoms with van der Waals surface area (Å²) in [6.45, 7) is 2.03. The van der Waals surface area contributed by atoms with Crippen LogP contribution in [0.4, 0.5) is 5.69 Å². The molecule has 24 heavy (non-hydrogen) atoms. The highest BCUT2D eigenvalue weighted by Gasteiger charge is 2.10. The first-order valence-corrected chi connectivity index (χ1v) is 8.44. The highest BCUT2D eigenvalue weighted by Crippen LogP contribution is 2.20. The summed E-state index contributed by atoms with van der Waals surface area (Å²) in [6, 6.07) is 9.14. The predicted molar refractivity (Wildman–Crippen MR) is 92.5 cm³/mol. The van der Waals surface area contributed by atoms with Crippen molar-refractivity contribution in [3.8, 4) is 5.75 Å². The number of carbonyl (C=O) groups is 1. The number of hydrogen-bond acceptors (Lipinski definition) is 6. The van der Waals surface area contributed by atoms with Crippen LogP contribution in [-0.2, 0) is 11.2 Å². The lowest BCUT2D eigenvalue weighted by Gasteiger charge is -2.08. The molecule has 0 unspecified atom stereocenters. The zero-order valence-corrected chi connectivity index (χ0v) is 14.2. The van der Waals surface area contributed by atoms with Crippen LogP contribution in [0.5, 0.6) is 5.75 Å². The second kappa shape index (κ2) is 7.31. The molecule has 0 aliphatic rings. The van der Waals surface area contributed by atoms with Gasteiger partial charge in [0.2, 0.25) is 5.91 Å². The van der Waals surface area contributed by atoms with Gasteiger partial charge in [-0.3, -0.25) is 9.20 Å². The van der Waals surface area contributed by atoms with Gasteiger partial charge in [-0.05, 0) is 18.6 Å². The van der Waals surface area contributed by atoms with E-state index in [2.05, 4.69) is 20.5 Å². The van der Waals surface area contributed by atoms with Gasteiger partial charge in [-0.2, -0.15) is 0 Å². The van der Waals surface area contributed by atoms with E-state index in [1.54, 1.807) is 23.9 Å². The molecule has 124 valence electrons. The second-order valence-electron chi connectivity index (χ2n) is 5.01. The lowest BCUT2D eigenvalue weighted by Crippen LogP contribution is -2.14. The summed E-state index contributed by atoms with van der Waals surface area (Å²) < 4.78 is 6.93. The lowest BCUT2D eigenvalue weighted by molar-refractivity contribution is -0.113. The van der Waals surface area contributed by atoms with Gasteiger partial charge in [-0.1, -0.05) is 24.8 Å². The molecule has 0 radical (unpaired) electrons. The quantitative estimate of drug-likeness (QED) is 0.547. The Labute approximate surface area is 143 Å². The van der Waals surface area contributed by atoms with Crippen LogP contribution in [0.15, 0.2) is 41.8 Å². The number of amides is 1. The fraction of sp³-hybridized carbons (Fsp3) is 0.250. The van der Waals surface area contributed by atoms with E-state index in [4.69, 9.17) is 4.74 Å². The van der Waals surface area contributed by atoms with Gasteiger partial charge < -0.3 is 10.1 Å². The van der Waals surface area contributed by atoms with E-state index in [0.29, 0.717) is 16.6 Å². The molecule has 7 nitrogen and oxygen atoms in total. The number of aryl methyl sites for hydroxylation is 1. The third-order valence-corrected chi connectivity index (χ3v) is 4.32. The minimum atomic E-state index is -0.113. The summed E-state index contributed by atoms with van der Waals surface area (Å²) >= 11 is 1.35. The van der Waals surface area contributed by atoms with Crippen molar-refractivity contribution in [2.24, 2.45) is 0 Å². The zero-order chi connectivity index (χ0) is 16.9. The average Bonchev–Trinajstić information content (AvgIpc) is 3.08. The van der Waals surface area contributed by atoms with Crippen molar-refractivity contribution in [3.63, 3.8) is 0 Å². The Kier molecular flexibility index (Phi) is 4.95. The molecule has 0 saturated carbocycles. The van der Waals surface area contributed by atoms with Crippen LogP contribution in [0.2, 0.25) is 0 Å². The summed E-state index contributed by atoms with van der Waals surface area (Å²) in [6.07, 6.45) is 2.40. The molecule has 0 fully saturated rings. The number of rotatable bonds is 6. The molecular weight excluding hydrogens is 326 g/mol. The number of thioether (sulfide) groups is 1. The van der Waals surface area contributed by atoms with E-state index in [-0.39, 0.29) is 11.7 Å². The average molecular weight is 343 g/mol. The molecule has 0 saturated heterocycles. The molecule has 1 N–H and O–H groups in total. The number of nitrogens with one attached hydrogen (secondary N) is 1. The molecule has 3 rings (SSSR count). The molecule has 0 atom stereocenters. The van der Waals surface area contributed by atoms with Gasteiger partial charge in [0.25, 0.3) is 0 Å². The number of hydrogen-bond donors (Lipinski definition) is 1. The summed E-state index contributed by atoms with van der Waals surface area (Å²) in [5.41, 5.74) is 2.36. The number of ether oxygens (including phenoxy) is 1. The fourth-order valence-corrected chi connectivity index (χ4v) is 2.95. The van der Waals surface area contributed by atoms with Crippen LogP contribution in [0.3, 0.4) is 0 Å². The van der Waals surface area contributed by atoms with Gasteiger partial charge >= 0.3 is 0 Å². The van der Waals surface area contributed by atoms with Crippen LogP contribution in [0, 0.1) is 0 Å². The first-order valence-electron chi connectivity index (χ1n) is 7.46. The third-order valence-electron chi connectivity index (χ3n) is 3.36. The van der Waals surface area contributed by atoms with Crippen molar-refractivity contribution in [2.45, 2.75) is 18.5 Å². The van der Waals surface area contributed by atoms with Gasteiger partial charge in [0.1, 0.15) is 12.1 Å². The molecule has 0 spiro atoms. The summed E-state index contributed by atoms with van der Waals surface area (Å²) in [7, 11) is 1.59. The van der Waals surface area contributed by atoms with Gasteiger partial charge in [0, 0.05) is 23.5 Å². The maximum atomic E-state index is 12.2. The van der Waals surface area contributed by atoms with E-state index >= 15 is 0 Å². The van der Waals surface area contributed by atoms with Crippen LogP contribution in [-0.4, -0.2) is 38.4 Å². The number of fused-ring (bicyclic) bond motifs is 1. The molecule has 1 aromatic carbocycles. The molecule has 2 aromatic heterocycles. The largest absolute Gasteiger partial charge is 0.497 e. The van der Waals surface area contributed by atoms with Crippen LogP contribution >= 0.6 is 11.8 Å². The Morgan fingerprint density at radius 1 is 1.38 bits per heavy atom. The van der Waals surface area contributed by atoms with Gasteiger partial charge in [-0.15, -0.1) is 10.2 Å². The Hall–Kier alpha value is -2.61. The topological polar surface area (TPSA) is 81.4 Å².